The van der Waals surface area contributed by atoms with Crippen molar-refractivity contribution in [2.24, 2.45) is 0 Å². The molecule has 2 aromatic carbocycles. The number of aryl methyl sites for hydroxylation is 1. The van der Waals surface area contributed by atoms with E-state index in [9.17, 15) is 4.79 Å². The number of thioether (sulfide) groups is 1. The lowest BCUT2D eigenvalue weighted by atomic mass is 10.1. The lowest BCUT2D eigenvalue weighted by Gasteiger charge is -2.08. The molecule has 0 aliphatic heterocycles. The normalized spacial score (nSPS) is 11.2. The zero-order chi connectivity index (χ0) is 14.4. The minimum absolute atomic E-state index is 0.344. The Kier molecular flexibility index (Phi) is 5.02. The van der Waals surface area contributed by atoms with Crippen molar-refractivity contribution in [2.75, 3.05) is 7.11 Å². The number of hydrogen-bond donors (Lipinski definition) is 0. The molecule has 0 atom stereocenters. The average molecular weight is 284 g/mol. The van der Waals surface area contributed by atoms with E-state index in [4.69, 9.17) is 4.74 Å². The molecule has 0 aliphatic carbocycles. The van der Waals surface area contributed by atoms with Gasteiger partial charge in [-0.05, 0) is 24.6 Å². The van der Waals surface area contributed by atoms with Crippen molar-refractivity contribution in [3.63, 3.8) is 0 Å². The summed E-state index contributed by atoms with van der Waals surface area (Å²) in [6.45, 7) is 2.04. The Morgan fingerprint density at radius 3 is 2.30 bits per heavy atom. The van der Waals surface area contributed by atoms with Gasteiger partial charge in [0.25, 0.3) is 0 Å². The van der Waals surface area contributed by atoms with Crippen LogP contribution in [0.25, 0.3) is 4.91 Å². The highest BCUT2D eigenvalue weighted by Crippen LogP contribution is 2.34. The smallest absolute Gasteiger partial charge is 0.331 e. The summed E-state index contributed by atoms with van der Waals surface area (Å²) in [5.41, 5.74) is 2.20. The van der Waals surface area contributed by atoms with Crippen molar-refractivity contribution in [3.05, 3.63) is 71.8 Å². The maximum Gasteiger partial charge on any atom is 0.331 e. The second kappa shape index (κ2) is 6.96. The first-order valence-electron chi connectivity index (χ1n) is 6.28. The van der Waals surface area contributed by atoms with Crippen LogP contribution in [0.3, 0.4) is 0 Å². The number of hydrogen-bond acceptors (Lipinski definition) is 3. The lowest BCUT2D eigenvalue weighted by Crippen LogP contribution is -1.96. The van der Waals surface area contributed by atoms with E-state index in [2.05, 4.69) is 0 Å². The van der Waals surface area contributed by atoms with E-state index in [1.54, 1.807) is 11.8 Å². The molecule has 102 valence electrons. The van der Waals surface area contributed by atoms with Crippen LogP contribution in [0.1, 0.15) is 11.1 Å². The highest BCUT2D eigenvalue weighted by molar-refractivity contribution is 8.08. The van der Waals surface area contributed by atoms with E-state index in [1.165, 1.54) is 18.7 Å². The van der Waals surface area contributed by atoms with Crippen LogP contribution in [-0.2, 0) is 9.53 Å². The standard InChI is InChI=1S/C17H16O2S/c1-13-8-10-14(11-9-13)16(12-17(18)19-2)20-15-6-4-3-5-7-15/h3-12H,1-2H3/b16-12+. The lowest BCUT2D eigenvalue weighted by molar-refractivity contribution is -0.134. The molecule has 0 spiro atoms. The third kappa shape index (κ3) is 4.00. The second-order valence-corrected chi connectivity index (χ2v) is 5.43. The fraction of sp³-hybridized carbons (Fsp3) is 0.118. The predicted molar refractivity (Wildman–Crippen MR) is 83.5 cm³/mol. The summed E-state index contributed by atoms with van der Waals surface area (Å²) in [6, 6.07) is 18.1. The summed E-state index contributed by atoms with van der Waals surface area (Å²) in [4.78, 5) is 13.5. The molecular formula is C17H16O2S. The molecule has 0 aromatic heterocycles. The third-order valence-electron chi connectivity index (χ3n) is 2.76. The van der Waals surface area contributed by atoms with Gasteiger partial charge in [-0.15, -0.1) is 0 Å². The zero-order valence-electron chi connectivity index (χ0n) is 11.5. The van der Waals surface area contributed by atoms with Gasteiger partial charge in [0, 0.05) is 15.9 Å². The van der Waals surface area contributed by atoms with Gasteiger partial charge in [-0.3, -0.25) is 0 Å². The first kappa shape index (κ1) is 14.4. The van der Waals surface area contributed by atoms with Crippen LogP contribution in [-0.4, -0.2) is 13.1 Å². The van der Waals surface area contributed by atoms with Gasteiger partial charge in [-0.2, -0.15) is 0 Å². The number of benzene rings is 2. The molecule has 20 heavy (non-hydrogen) atoms. The average Bonchev–Trinajstić information content (AvgIpc) is 2.48. The molecule has 0 saturated carbocycles. The maximum absolute atomic E-state index is 11.5. The molecule has 0 radical (unpaired) electrons. The van der Waals surface area contributed by atoms with E-state index in [1.807, 2.05) is 61.5 Å². The summed E-state index contributed by atoms with van der Waals surface area (Å²) >= 11 is 1.55. The van der Waals surface area contributed by atoms with E-state index in [0.717, 1.165) is 15.4 Å². The van der Waals surface area contributed by atoms with Gasteiger partial charge < -0.3 is 4.74 Å². The van der Waals surface area contributed by atoms with Gasteiger partial charge >= 0.3 is 5.97 Å². The molecule has 3 heteroatoms. The summed E-state index contributed by atoms with van der Waals surface area (Å²) in [5, 5.41) is 0. The molecule has 2 rings (SSSR count). The zero-order valence-corrected chi connectivity index (χ0v) is 12.3. The minimum Gasteiger partial charge on any atom is -0.466 e. The van der Waals surface area contributed by atoms with Crippen LogP contribution >= 0.6 is 11.8 Å². The molecule has 0 bridgehead atoms. The molecule has 0 aliphatic rings. The Morgan fingerprint density at radius 2 is 1.70 bits per heavy atom. The fourth-order valence-electron chi connectivity index (χ4n) is 1.67. The number of carbonyl (C=O) groups excluding carboxylic acids is 1. The van der Waals surface area contributed by atoms with Crippen LogP contribution in [0.4, 0.5) is 0 Å². The largest absolute Gasteiger partial charge is 0.466 e. The van der Waals surface area contributed by atoms with Crippen LogP contribution in [0.15, 0.2) is 65.6 Å². The first-order valence-corrected chi connectivity index (χ1v) is 7.10. The summed E-state index contributed by atoms with van der Waals surface area (Å²) in [5.74, 6) is -0.344. The SMILES string of the molecule is COC(=O)/C=C(/Sc1ccccc1)c1ccc(C)cc1. The first-order chi connectivity index (χ1) is 9.69. The van der Waals surface area contributed by atoms with Crippen LogP contribution < -0.4 is 0 Å². The Labute approximate surface area is 123 Å². The van der Waals surface area contributed by atoms with Gasteiger partial charge in [0.05, 0.1) is 7.11 Å². The molecule has 0 fully saturated rings. The third-order valence-corrected chi connectivity index (χ3v) is 3.84. The number of esters is 1. The van der Waals surface area contributed by atoms with Gasteiger partial charge in [0.1, 0.15) is 0 Å². The summed E-state index contributed by atoms with van der Waals surface area (Å²) < 4.78 is 4.73. The summed E-state index contributed by atoms with van der Waals surface area (Å²) in [6.07, 6.45) is 1.53. The van der Waals surface area contributed by atoms with Crippen molar-refractivity contribution in [2.45, 2.75) is 11.8 Å². The van der Waals surface area contributed by atoms with Crippen molar-refractivity contribution < 1.29 is 9.53 Å². The van der Waals surface area contributed by atoms with E-state index in [-0.39, 0.29) is 5.97 Å². The number of methoxy groups -OCH3 is 1. The molecule has 0 saturated heterocycles. The minimum atomic E-state index is -0.344. The van der Waals surface area contributed by atoms with E-state index >= 15 is 0 Å². The Hall–Kier alpha value is -2.00. The van der Waals surface area contributed by atoms with Crippen molar-refractivity contribution >= 4 is 22.6 Å². The molecule has 0 amide bonds. The predicted octanol–water partition coefficient (Wildman–Crippen LogP) is 4.30. The van der Waals surface area contributed by atoms with E-state index < -0.39 is 0 Å². The molecule has 0 heterocycles. The molecule has 0 N–H and O–H groups in total. The fourth-order valence-corrected chi connectivity index (χ4v) is 2.63. The van der Waals surface area contributed by atoms with Crippen molar-refractivity contribution in [1.29, 1.82) is 0 Å². The maximum atomic E-state index is 11.5. The highest BCUT2D eigenvalue weighted by Gasteiger charge is 2.07. The Balaban J connectivity index is 2.32. The van der Waals surface area contributed by atoms with Gasteiger partial charge in [0.15, 0.2) is 0 Å². The van der Waals surface area contributed by atoms with Gasteiger partial charge in [-0.1, -0.05) is 59.8 Å². The van der Waals surface area contributed by atoms with E-state index in [0.29, 0.717) is 0 Å². The number of rotatable bonds is 4. The second-order valence-electron chi connectivity index (χ2n) is 4.31. The van der Waals surface area contributed by atoms with Crippen molar-refractivity contribution in [1.82, 2.24) is 0 Å². The number of carbonyl (C=O) groups is 1. The highest BCUT2D eigenvalue weighted by atomic mass is 32.2. The molecular weight excluding hydrogens is 268 g/mol. The quantitative estimate of drug-likeness (QED) is 0.475. The Morgan fingerprint density at radius 1 is 1.05 bits per heavy atom. The van der Waals surface area contributed by atoms with Gasteiger partial charge in [-0.25, -0.2) is 4.79 Å². The van der Waals surface area contributed by atoms with Crippen LogP contribution in [0.5, 0.6) is 0 Å². The van der Waals surface area contributed by atoms with Gasteiger partial charge in [0.2, 0.25) is 0 Å². The molecule has 0 unspecified atom stereocenters. The van der Waals surface area contributed by atoms with Crippen LogP contribution in [0.2, 0.25) is 0 Å². The topological polar surface area (TPSA) is 26.3 Å². The summed E-state index contributed by atoms with van der Waals surface area (Å²) in [7, 11) is 1.39. The monoisotopic (exact) mass is 284 g/mol. The molecule has 2 nitrogen and oxygen atoms in total. The van der Waals surface area contributed by atoms with Crippen molar-refractivity contribution in [3.8, 4) is 0 Å². The van der Waals surface area contributed by atoms with Crippen LogP contribution in [0, 0.1) is 6.92 Å². The Bertz CT molecular complexity index is 601. The molecule has 2 aromatic rings. The number of ether oxygens (including phenoxy) is 1.